The average molecular weight is 372 g/mol. The van der Waals surface area contributed by atoms with Gasteiger partial charge in [-0.1, -0.05) is 0 Å². The van der Waals surface area contributed by atoms with Crippen LogP contribution in [0.2, 0.25) is 0 Å². The van der Waals surface area contributed by atoms with Gasteiger partial charge < -0.3 is 0 Å². The van der Waals surface area contributed by atoms with Crippen molar-refractivity contribution in [2.24, 2.45) is 0 Å². The predicted molar refractivity (Wildman–Crippen MR) is 55.7 cm³/mol. The Kier molecular flexibility index (Phi) is 5.40. The molecule has 0 saturated heterocycles. The van der Waals surface area contributed by atoms with Gasteiger partial charge in [0, 0.05) is 6.42 Å². The molecule has 1 fully saturated rings. The lowest BCUT2D eigenvalue weighted by Crippen LogP contribution is -2.74. The molecule has 0 aromatic rings. The monoisotopic (exact) mass is 372 g/mol. The quantitative estimate of drug-likeness (QED) is 0.604. The standard InChI is InChI=1S/C11H11F11.FH/c1-6(14)2-7(15,4-12)10(19,20)8(16,5-13)11(21,22)9(17,18)3-6;/h2-5H2,1H3;1H. The van der Waals surface area contributed by atoms with Crippen LogP contribution in [0.15, 0.2) is 0 Å². The van der Waals surface area contributed by atoms with Crippen LogP contribution in [-0.2, 0) is 0 Å². The van der Waals surface area contributed by atoms with E-state index >= 15 is 0 Å². The number of halogens is 12. The molecule has 0 heterocycles. The highest BCUT2D eigenvalue weighted by atomic mass is 19.3. The van der Waals surface area contributed by atoms with Crippen molar-refractivity contribution >= 4 is 0 Å². The van der Waals surface area contributed by atoms with Crippen LogP contribution in [0.3, 0.4) is 0 Å². The third kappa shape index (κ3) is 2.75. The molecule has 0 radical (unpaired) electrons. The van der Waals surface area contributed by atoms with Crippen molar-refractivity contribution in [1.29, 1.82) is 0 Å². The van der Waals surface area contributed by atoms with Gasteiger partial charge in [-0.15, -0.1) is 0 Å². The van der Waals surface area contributed by atoms with Gasteiger partial charge in [-0.05, 0) is 6.92 Å². The Balaban J connectivity index is 0.00000484. The molecule has 1 aliphatic carbocycles. The van der Waals surface area contributed by atoms with Crippen LogP contribution in [0.25, 0.3) is 0 Å². The van der Waals surface area contributed by atoms with Gasteiger partial charge in [0.1, 0.15) is 19.0 Å². The van der Waals surface area contributed by atoms with Gasteiger partial charge in [-0.25, -0.2) is 22.0 Å². The molecule has 0 bridgehead atoms. The lowest BCUT2D eigenvalue weighted by molar-refractivity contribution is -0.366. The fraction of sp³-hybridized carbons (Fsp3) is 1.00. The highest BCUT2D eigenvalue weighted by Gasteiger charge is 2.85. The summed E-state index contributed by atoms with van der Waals surface area (Å²) in [4.78, 5) is 0. The van der Waals surface area contributed by atoms with E-state index in [9.17, 15) is 48.3 Å². The van der Waals surface area contributed by atoms with Gasteiger partial charge in [-0.2, -0.15) is 26.3 Å². The smallest absolute Gasteiger partial charge is 0.269 e. The minimum Gasteiger partial charge on any atom is -0.269 e. The molecule has 0 amide bonds. The van der Waals surface area contributed by atoms with Crippen LogP contribution >= 0.6 is 0 Å². The van der Waals surface area contributed by atoms with E-state index in [2.05, 4.69) is 0 Å². The Morgan fingerprint density at radius 1 is 0.696 bits per heavy atom. The molecular weight excluding hydrogens is 360 g/mol. The summed E-state index contributed by atoms with van der Waals surface area (Å²) in [5.41, 5.74) is -14.7. The highest BCUT2D eigenvalue weighted by molar-refractivity contribution is 5.20. The third-order valence-electron chi connectivity index (χ3n) is 3.65. The molecule has 0 aromatic carbocycles. The second kappa shape index (κ2) is 5.61. The summed E-state index contributed by atoms with van der Waals surface area (Å²) in [6.07, 6.45) is -4.93. The van der Waals surface area contributed by atoms with Gasteiger partial charge in [0.2, 0.25) is 5.67 Å². The van der Waals surface area contributed by atoms with E-state index in [-0.39, 0.29) is 11.6 Å². The summed E-state index contributed by atoms with van der Waals surface area (Å²) in [5, 5.41) is 0. The maximum atomic E-state index is 13.9. The van der Waals surface area contributed by atoms with E-state index in [0.29, 0.717) is 0 Å². The average Bonchev–Trinajstić information content (AvgIpc) is 2.33. The molecule has 3 atom stereocenters. The van der Waals surface area contributed by atoms with Crippen molar-refractivity contribution < 1.29 is 53.0 Å². The van der Waals surface area contributed by atoms with Crippen molar-refractivity contribution in [3.63, 3.8) is 0 Å². The van der Waals surface area contributed by atoms with Gasteiger partial charge in [-0.3, -0.25) is 4.70 Å². The number of alkyl halides is 11. The first kappa shape index (κ1) is 22.2. The maximum absolute atomic E-state index is 13.9. The van der Waals surface area contributed by atoms with Crippen LogP contribution in [0, 0.1) is 0 Å². The zero-order valence-corrected chi connectivity index (χ0v) is 11.4. The molecule has 12 heteroatoms. The second-order valence-corrected chi connectivity index (χ2v) is 5.65. The van der Waals surface area contributed by atoms with Crippen molar-refractivity contribution in [3.8, 4) is 0 Å². The number of hydrogen-bond acceptors (Lipinski definition) is 0. The summed E-state index contributed by atoms with van der Waals surface area (Å²) in [5.74, 6) is -18.5. The summed E-state index contributed by atoms with van der Waals surface area (Å²) in [6, 6.07) is 0. The summed E-state index contributed by atoms with van der Waals surface area (Å²) >= 11 is 0. The van der Waals surface area contributed by atoms with Crippen LogP contribution in [-0.4, -0.2) is 48.1 Å². The maximum Gasteiger partial charge on any atom is 0.352 e. The fourth-order valence-electron chi connectivity index (χ4n) is 2.47. The Bertz CT molecular complexity index is 433. The lowest BCUT2D eigenvalue weighted by Gasteiger charge is -2.49. The predicted octanol–water partition coefficient (Wildman–Crippen LogP) is 4.92. The van der Waals surface area contributed by atoms with E-state index in [4.69, 9.17) is 0 Å². The highest BCUT2D eigenvalue weighted by Crippen LogP contribution is 2.61. The largest absolute Gasteiger partial charge is 0.352 e. The van der Waals surface area contributed by atoms with Crippen LogP contribution < -0.4 is 0 Å². The molecule has 0 aliphatic heterocycles. The Labute approximate surface area is 122 Å². The summed E-state index contributed by atoms with van der Waals surface area (Å²) < 4.78 is 148. The SMILES string of the molecule is CC1(F)CC(F)(F)C(F)(F)C(F)(CF)C(F)(F)C(F)(CF)C1.F. The van der Waals surface area contributed by atoms with Crippen LogP contribution in [0.4, 0.5) is 53.0 Å². The number of hydrogen-bond donors (Lipinski definition) is 0. The lowest BCUT2D eigenvalue weighted by atomic mass is 9.70. The molecule has 0 N–H and O–H groups in total. The van der Waals surface area contributed by atoms with Crippen molar-refractivity contribution in [3.05, 3.63) is 0 Å². The zero-order chi connectivity index (χ0) is 17.8. The summed E-state index contributed by atoms with van der Waals surface area (Å²) in [6.45, 7) is -6.22. The molecular formula is C11H12F12. The molecule has 140 valence electrons. The molecule has 0 nitrogen and oxygen atoms in total. The van der Waals surface area contributed by atoms with Crippen molar-refractivity contribution in [1.82, 2.24) is 0 Å². The molecule has 0 spiro atoms. The Morgan fingerprint density at radius 2 is 1.13 bits per heavy atom. The number of rotatable bonds is 2. The first-order valence-corrected chi connectivity index (χ1v) is 5.86. The molecule has 23 heavy (non-hydrogen) atoms. The van der Waals surface area contributed by atoms with Gasteiger partial charge in [0.05, 0.1) is 6.42 Å². The van der Waals surface area contributed by atoms with Crippen molar-refractivity contribution in [2.45, 2.75) is 54.5 Å². The van der Waals surface area contributed by atoms with Crippen LogP contribution in [0.1, 0.15) is 19.8 Å². The van der Waals surface area contributed by atoms with Crippen molar-refractivity contribution in [2.75, 3.05) is 13.3 Å². The third-order valence-corrected chi connectivity index (χ3v) is 3.65. The van der Waals surface area contributed by atoms with Gasteiger partial charge in [0.25, 0.3) is 5.67 Å². The molecule has 0 aromatic heterocycles. The minimum atomic E-state index is -6.47. The first-order chi connectivity index (χ1) is 9.54. The van der Waals surface area contributed by atoms with Crippen LogP contribution in [0.5, 0.6) is 0 Å². The molecule has 1 rings (SSSR count). The Morgan fingerprint density at radius 3 is 1.48 bits per heavy atom. The van der Waals surface area contributed by atoms with Gasteiger partial charge >= 0.3 is 17.8 Å². The minimum absolute atomic E-state index is 0. The fourth-order valence-corrected chi connectivity index (χ4v) is 2.47. The summed E-state index contributed by atoms with van der Waals surface area (Å²) in [7, 11) is 0. The zero-order valence-electron chi connectivity index (χ0n) is 11.4. The van der Waals surface area contributed by atoms with Gasteiger partial charge in [0.15, 0.2) is 0 Å². The molecule has 1 saturated carbocycles. The second-order valence-electron chi connectivity index (χ2n) is 5.65. The Hall–Kier alpha value is -0.840. The molecule has 3 unspecified atom stereocenters. The normalized spacial score (nSPS) is 42.3. The van der Waals surface area contributed by atoms with E-state index in [1.54, 1.807) is 0 Å². The van der Waals surface area contributed by atoms with E-state index in [0.717, 1.165) is 0 Å². The molecule has 1 aliphatic rings. The van der Waals surface area contributed by atoms with E-state index < -0.39 is 61.0 Å². The first-order valence-electron chi connectivity index (χ1n) is 5.86. The van der Waals surface area contributed by atoms with E-state index in [1.807, 2.05) is 0 Å². The van der Waals surface area contributed by atoms with E-state index in [1.165, 1.54) is 0 Å². The topological polar surface area (TPSA) is 0 Å².